The lowest BCUT2D eigenvalue weighted by molar-refractivity contribution is 0.204. The number of anilines is 1. The molecule has 0 spiro atoms. The van der Waals surface area contributed by atoms with Crippen LogP contribution < -0.4 is 14.8 Å². The second-order valence-electron chi connectivity index (χ2n) is 6.94. The molecule has 152 valence electrons. The number of aryl methyl sites for hydroxylation is 1. The molecule has 2 heterocycles. The van der Waals surface area contributed by atoms with Crippen molar-refractivity contribution in [2.75, 3.05) is 25.1 Å². The Morgan fingerprint density at radius 2 is 1.96 bits per heavy atom. The van der Waals surface area contributed by atoms with E-state index in [0.717, 1.165) is 31.5 Å². The van der Waals surface area contributed by atoms with E-state index >= 15 is 0 Å². The van der Waals surface area contributed by atoms with Crippen molar-refractivity contribution in [3.8, 4) is 11.5 Å². The number of nitrogens with zero attached hydrogens (tertiary/aromatic N) is 4. The van der Waals surface area contributed by atoms with E-state index in [9.17, 15) is 4.79 Å². The summed E-state index contributed by atoms with van der Waals surface area (Å²) in [4.78, 5) is 14.7. The van der Waals surface area contributed by atoms with Crippen molar-refractivity contribution in [3.63, 3.8) is 0 Å². The fraction of sp³-hybridized carbons (Fsp3) is 0.550. The molecule has 8 heteroatoms. The van der Waals surface area contributed by atoms with E-state index in [2.05, 4.69) is 29.4 Å². The topological polar surface area (TPSA) is 81.5 Å². The Bertz CT molecular complexity index is 792. The number of likely N-dealkylation sites (tertiary alicyclic amines) is 1. The maximum atomic E-state index is 12.9. The van der Waals surface area contributed by atoms with Crippen molar-refractivity contribution in [2.45, 2.75) is 45.6 Å². The molecular formula is C20H29N5O3. The molecule has 1 saturated heterocycles. The summed E-state index contributed by atoms with van der Waals surface area (Å²) in [6.07, 6.45) is 5.31. The largest absolute Gasteiger partial charge is 0.490 e. The van der Waals surface area contributed by atoms with Gasteiger partial charge in [-0.25, -0.2) is 4.79 Å². The zero-order valence-electron chi connectivity index (χ0n) is 16.9. The van der Waals surface area contributed by atoms with E-state index in [1.165, 1.54) is 0 Å². The maximum absolute atomic E-state index is 12.9. The molecule has 1 N–H and O–H groups in total. The number of aromatic nitrogens is 3. The Morgan fingerprint density at radius 1 is 1.21 bits per heavy atom. The average molecular weight is 387 g/mol. The van der Waals surface area contributed by atoms with Gasteiger partial charge in [-0.05, 0) is 37.8 Å². The Morgan fingerprint density at radius 3 is 2.64 bits per heavy atom. The molecule has 0 bridgehead atoms. The van der Waals surface area contributed by atoms with Crippen molar-refractivity contribution in [2.24, 2.45) is 7.05 Å². The van der Waals surface area contributed by atoms with Gasteiger partial charge in [0.15, 0.2) is 17.3 Å². The Labute approximate surface area is 165 Å². The van der Waals surface area contributed by atoms with Gasteiger partial charge < -0.3 is 24.3 Å². The Kier molecular flexibility index (Phi) is 6.73. The molecular weight excluding hydrogens is 358 g/mol. The van der Waals surface area contributed by atoms with Gasteiger partial charge in [-0.15, -0.1) is 10.2 Å². The van der Waals surface area contributed by atoms with Crippen molar-refractivity contribution >= 4 is 11.7 Å². The molecule has 1 aromatic heterocycles. The van der Waals surface area contributed by atoms with Crippen molar-refractivity contribution < 1.29 is 14.3 Å². The average Bonchev–Trinajstić information content (AvgIpc) is 3.34. The van der Waals surface area contributed by atoms with Crippen LogP contribution in [0.3, 0.4) is 0 Å². The van der Waals surface area contributed by atoms with Crippen LogP contribution >= 0.6 is 0 Å². The number of rotatable bonds is 8. The van der Waals surface area contributed by atoms with Crippen LogP contribution in [0.15, 0.2) is 24.5 Å². The fourth-order valence-corrected chi connectivity index (χ4v) is 3.31. The summed E-state index contributed by atoms with van der Waals surface area (Å²) in [7, 11) is 1.90. The summed E-state index contributed by atoms with van der Waals surface area (Å²) < 4.78 is 13.4. The molecule has 1 aliphatic heterocycles. The highest BCUT2D eigenvalue weighted by Crippen LogP contribution is 2.33. The van der Waals surface area contributed by atoms with E-state index in [0.29, 0.717) is 36.9 Å². The highest BCUT2D eigenvalue weighted by molar-refractivity contribution is 5.90. The van der Waals surface area contributed by atoms with Crippen molar-refractivity contribution in [3.05, 3.63) is 30.4 Å². The second-order valence-corrected chi connectivity index (χ2v) is 6.94. The third kappa shape index (κ3) is 4.55. The van der Waals surface area contributed by atoms with Gasteiger partial charge in [-0.3, -0.25) is 0 Å². The number of nitrogens with one attached hydrogen (secondary N) is 1. The van der Waals surface area contributed by atoms with Gasteiger partial charge in [0.2, 0.25) is 0 Å². The number of carbonyl (C=O) groups excluding carboxylic acids is 1. The first-order valence-electron chi connectivity index (χ1n) is 9.95. The molecule has 1 unspecified atom stereocenters. The molecule has 1 fully saturated rings. The van der Waals surface area contributed by atoms with Crippen LogP contribution in [0.4, 0.5) is 10.5 Å². The molecule has 0 radical (unpaired) electrons. The van der Waals surface area contributed by atoms with Crippen LogP contribution in [0.2, 0.25) is 0 Å². The molecule has 1 atom stereocenters. The highest BCUT2D eigenvalue weighted by Gasteiger charge is 2.33. The van der Waals surface area contributed by atoms with Crippen LogP contribution in [0, 0.1) is 0 Å². The molecule has 0 aliphatic carbocycles. The molecule has 8 nitrogen and oxygen atoms in total. The summed E-state index contributed by atoms with van der Waals surface area (Å²) in [6.45, 7) is 6.03. The molecule has 0 saturated carbocycles. The lowest BCUT2D eigenvalue weighted by atomic mass is 10.2. The standard InChI is InChI=1S/C20H29N5O3/c1-4-11-27-17-9-8-15(13-18(17)28-12-5-2)22-20(26)25-10-6-7-16(25)19-23-21-14-24(19)3/h8-9,13-14,16H,4-7,10-12H2,1-3H3,(H,22,26). The number of benzene rings is 1. The molecule has 1 aromatic carbocycles. The van der Waals surface area contributed by atoms with Gasteiger partial charge in [-0.1, -0.05) is 13.8 Å². The number of hydrogen-bond acceptors (Lipinski definition) is 5. The van der Waals surface area contributed by atoms with E-state index in [1.54, 1.807) is 6.33 Å². The van der Waals surface area contributed by atoms with Crippen LogP contribution in [0.1, 0.15) is 51.4 Å². The van der Waals surface area contributed by atoms with Gasteiger partial charge in [0, 0.05) is 25.3 Å². The minimum Gasteiger partial charge on any atom is -0.490 e. The molecule has 2 aromatic rings. The number of urea groups is 1. The highest BCUT2D eigenvalue weighted by atomic mass is 16.5. The lowest BCUT2D eigenvalue weighted by Gasteiger charge is -2.24. The van der Waals surface area contributed by atoms with E-state index in [4.69, 9.17) is 9.47 Å². The van der Waals surface area contributed by atoms with Crippen LogP contribution in [0.25, 0.3) is 0 Å². The van der Waals surface area contributed by atoms with E-state index in [1.807, 2.05) is 34.7 Å². The SMILES string of the molecule is CCCOc1ccc(NC(=O)N2CCCC2c2nncn2C)cc1OCCC. The first-order chi connectivity index (χ1) is 13.6. The van der Waals surface area contributed by atoms with E-state index in [-0.39, 0.29) is 12.1 Å². The number of hydrogen-bond donors (Lipinski definition) is 1. The zero-order valence-corrected chi connectivity index (χ0v) is 16.9. The monoisotopic (exact) mass is 387 g/mol. The minimum absolute atomic E-state index is 0.0597. The van der Waals surface area contributed by atoms with Crippen molar-refractivity contribution in [1.29, 1.82) is 0 Å². The summed E-state index contributed by atoms with van der Waals surface area (Å²) in [6, 6.07) is 5.31. The quantitative estimate of drug-likeness (QED) is 0.746. The molecule has 2 amide bonds. The smallest absolute Gasteiger partial charge is 0.322 e. The Balaban J connectivity index is 1.73. The predicted octanol–water partition coefficient (Wildman–Crippen LogP) is 3.76. The van der Waals surface area contributed by atoms with Crippen LogP contribution in [0.5, 0.6) is 11.5 Å². The van der Waals surface area contributed by atoms with Gasteiger partial charge >= 0.3 is 6.03 Å². The third-order valence-corrected chi connectivity index (χ3v) is 4.68. The van der Waals surface area contributed by atoms with E-state index < -0.39 is 0 Å². The van der Waals surface area contributed by atoms with Gasteiger partial charge in [0.1, 0.15) is 6.33 Å². The van der Waals surface area contributed by atoms with Crippen LogP contribution in [-0.2, 0) is 7.05 Å². The van der Waals surface area contributed by atoms with Crippen molar-refractivity contribution in [1.82, 2.24) is 19.7 Å². The number of carbonyl (C=O) groups is 1. The summed E-state index contributed by atoms with van der Waals surface area (Å²) >= 11 is 0. The molecule has 28 heavy (non-hydrogen) atoms. The van der Waals surface area contributed by atoms with Gasteiger partial charge in [0.05, 0.1) is 19.3 Å². The normalized spacial score (nSPS) is 16.2. The fourth-order valence-electron chi connectivity index (χ4n) is 3.31. The first kappa shape index (κ1) is 20.0. The van der Waals surface area contributed by atoms with Gasteiger partial charge in [0.25, 0.3) is 0 Å². The summed E-state index contributed by atoms with van der Waals surface area (Å²) in [5.41, 5.74) is 0.684. The first-order valence-corrected chi connectivity index (χ1v) is 9.95. The van der Waals surface area contributed by atoms with Crippen LogP contribution in [-0.4, -0.2) is 45.5 Å². The summed E-state index contributed by atoms with van der Waals surface area (Å²) in [5.74, 6) is 2.16. The Hall–Kier alpha value is -2.77. The van der Waals surface area contributed by atoms with Gasteiger partial charge in [-0.2, -0.15) is 0 Å². The lowest BCUT2D eigenvalue weighted by Crippen LogP contribution is -2.35. The minimum atomic E-state index is -0.144. The zero-order chi connectivity index (χ0) is 19.9. The molecule has 3 rings (SSSR count). The third-order valence-electron chi connectivity index (χ3n) is 4.68. The number of amides is 2. The predicted molar refractivity (Wildman–Crippen MR) is 107 cm³/mol. The molecule has 1 aliphatic rings. The summed E-state index contributed by atoms with van der Waals surface area (Å²) in [5, 5.41) is 11.1. The number of ether oxygens (including phenoxy) is 2. The second kappa shape index (κ2) is 9.43. The maximum Gasteiger partial charge on any atom is 0.322 e.